The van der Waals surface area contributed by atoms with Crippen LogP contribution in [0.3, 0.4) is 0 Å². The molecule has 1 aromatic rings. The molecule has 0 aliphatic carbocycles. The first-order valence-electron chi connectivity index (χ1n) is 5.80. The maximum Gasteiger partial charge on any atom is 0.119 e. The van der Waals surface area contributed by atoms with Gasteiger partial charge in [-0.1, -0.05) is 18.2 Å². The number of benzene rings is 1. The lowest BCUT2D eigenvalue weighted by molar-refractivity contribution is -0.0417. The summed E-state index contributed by atoms with van der Waals surface area (Å²) < 4.78 is 10.9. The fraction of sp³-hybridized carbons (Fsp3) is 0.538. The maximum atomic E-state index is 9.73. The number of rotatable bonds is 4. The van der Waals surface area contributed by atoms with Crippen LogP contribution in [-0.4, -0.2) is 31.0 Å². The van der Waals surface area contributed by atoms with Crippen LogP contribution in [0.5, 0.6) is 5.75 Å². The van der Waals surface area contributed by atoms with Crippen LogP contribution >= 0.6 is 0 Å². The van der Waals surface area contributed by atoms with Gasteiger partial charge in [-0.3, -0.25) is 0 Å². The summed E-state index contributed by atoms with van der Waals surface area (Å²) in [5, 5.41) is 9.73. The second-order valence-electron chi connectivity index (χ2n) is 4.14. The van der Waals surface area contributed by atoms with Gasteiger partial charge in [-0.05, 0) is 25.0 Å². The van der Waals surface area contributed by atoms with E-state index in [0.29, 0.717) is 19.8 Å². The predicted molar refractivity (Wildman–Crippen MR) is 61.5 cm³/mol. The van der Waals surface area contributed by atoms with Gasteiger partial charge in [0.15, 0.2) is 0 Å². The molecule has 0 bridgehead atoms. The topological polar surface area (TPSA) is 38.7 Å². The van der Waals surface area contributed by atoms with E-state index in [1.807, 2.05) is 30.3 Å². The molecule has 0 radical (unpaired) electrons. The van der Waals surface area contributed by atoms with E-state index in [4.69, 9.17) is 9.47 Å². The molecule has 2 rings (SSSR count). The Labute approximate surface area is 96.0 Å². The molecule has 1 aliphatic heterocycles. The van der Waals surface area contributed by atoms with Crippen molar-refractivity contribution in [2.24, 2.45) is 5.92 Å². The lowest BCUT2D eigenvalue weighted by Crippen LogP contribution is -2.32. The number of hydrogen-bond acceptors (Lipinski definition) is 3. The van der Waals surface area contributed by atoms with Crippen LogP contribution in [-0.2, 0) is 4.74 Å². The predicted octanol–water partition coefficient (Wildman–Crippen LogP) is 1.85. The summed E-state index contributed by atoms with van der Waals surface area (Å²) in [6, 6.07) is 9.75. The highest BCUT2D eigenvalue weighted by Gasteiger charge is 2.23. The van der Waals surface area contributed by atoms with Gasteiger partial charge in [-0.15, -0.1) is 0 Å². The number of para-hydroxylation sites is 1. The Morgan fingerprint density at radius 3 is 2.88 bits per heavy atom. The third-order valence-electron chi connectivity index (χ3n) is 2.93. The van der Waals surface area contributed by atoms with E-state index in [0.717, 1.165) is 18.6 Å². The lowest BCUT2D eigenvalue weighted by atomic mass is 9.96. The van der Waals surface area contributed by atoms with Gasteiger partial charge in [0.25, 0.3) is 0 Å². The molecule has 1 fully saturated rings. The Morgan fingerprint density at radius 1 is 1.31 bits per heavy atom. The molecular weight excluding hydrogens is 204 g/mol. The molecule has 1 N–H and O–H groups in total. The third-order valence-corrected chi connectivity index (χ3v) is 2.93. The first-order valence-corrected chi connectivity index (χ1v) is 5.80. The molecule has 88 valence electrons. The Morgan fingerprint density at radius 2 is 2.12 bits per heavy atom. The van der Waals surface area contributed by atoms with Crippen LogP contribution in [0.1, 0.15) is 12.8 Å². The fourth-order valence-corrected chi connectivity index (χ4v) is 1.91. The molecule has 3 heteroatoms. The van der Waals surface area contributed by atoms with Crippen molar-refractivity contribution >= 4 is 0 Å². The zero-order valence-corrected chi connectivity index (χ0v) is 9.34. The van der Waals surface area contributed by atoms with Gasteiger partial charge in [-0.25, -0.2) is 0 Å². The zero-order chi connectivity index (χ0) is 11.2. The first-order chi connectivity index (χ1) is 7.86. The van der Waals surface area contributed by atoms with Gasteiger partial charge in [0.2, 0.25) is 0 Å². The highest BCUT2D eigenvalue weighted by molar-refractivity contribution is 5.20. The molecule has 2 atom stereocenters. The second-order valence-corrected chi connectivity index (χ2v) is 4.14. The van der Waals surface area contributed by atoms with Crippen molar-refractivity contribution in [2.75, 3.05) is 19.8 Å². The molecule has 1 saturated heterocycles. The molecule has 1 heterocycles. The molecule has 1 aliphatic rings. The summed E-state index contributed by atoms with van der Waals surface area (Å²) in [6.07, 6.45) is 1.36. The SMILES string of the molecule is OC1CCOCC1CCOc1ccccc1. The van der Waals surface area contributed by atoms with Crippen LogP contribution in [0.25, 0.3) is 0 Å². The van der Waals surface area contributed by atoms with E-state index in [1.54, 1.807) is 0 Å². The smallest absolute Gasteiger partial charge is 0.119 e. The van der Waals surface area contributed by atoms with Gasteiger partial charge in [0.05, 0.1) is 19.3 Å². The van der Waals surface area contributed by atoms with Crippen LogP contribution < -0.4 is 4.74 Å². The number of hydrogen-bond donors (Lipinski definition) is 1. The molecule has 0 aromatic heterocycles. The number of aliphatic hydroxyl groups is 1. The molecule has 0 spiro atoms. The van der Waals surface area contributed by atoms with Crippen LogP contribution in [0, 0.1) is 5.92 Å². The van der Waals surface area contributed by atoms with Crippen molar-refractivity contribution in [3.63, 3.8) is 0 Å². The summed E-state index contributed by atoms with van der Waals surface area (Å²) >= 11 is 0. The standard InChI is InChI=1S/C13H18O3/c14-13-7-8-15-10-11(13)6-9-16-12-4-2-1-3-5-12/h1-5,11,13-14H,6-10H2. The van der Waals surface area contributed by atoms with E-state index in [2.05, 4.69) is 0 Å². The Bertz CT molecular complexity index is 299. The monoisotopic (exact) mass is 222 g/mol. The largest absolute Gasteiger partial charge is 0.494 e. The van der Waals surface area contributed by atoms with Crippen molar-refractivity contribution in [1.82, 2.24) is 0 Å². The van der Waals surface area contributed by atoms with E-state index >= 15 is 0 Å². The van der Waals surface area contributed by atoms with Crippen LogP contribution in [0.4, 0.5) is 0 Å². The van der Waals surface area contributed by atoms with Crippen molar-refractivity contribution in [2.45, 2.75) is 18.9 Å². The van der Waals surface area contributed by atoms with E-state index in [9.17, 15) is 5.11 Å². The first kappa shape index (κ1) is 11.4. The summed E-state index contributed by atoms with van der Waals surface area (Å²) in [4.78, 5) is 0. The minimum Gasteiger partial charge on any atom is -0.494 e. The summed E-state index contributed by atoms with van der Waals surface area (Å²) in [7, 11) is 0. The van der Waals surface area contributed by atoms with Gasteiger partial charge < -0.3 is 14.6 Å². The number of aliphatic hydroxyl groups excluding tert-OH is 1. The molecule has 1 aromatic carbocycles. The minimum atomic E-state index is -0.229. The van der Waals surface area contributed by atoms with Crippen molar-refractivity contribution < 1.29 is 14.6 Å². The van der Waals surface area contributed by atoms with Crippen LogP contribution in [0.15, 0.2) is 30.3 Å². The van der Waals surface area contributed by atoms with Gasteiger partial charge >= 0.3 is 0 Å². The average Bonchev–Trinajstić information content (AvgIpc) is 2.33. The van der Waals surface area contributed by atoms with E-state index < -0.39 is 0 Å². The number of ether oxygens (including phenoxy) is 2. The average molecular weight is 222 g/mol. The Hall–Kier alpha value is -1.06. The highest BCUT2D eigenvalue weighted by atomic mass is 16.5. The zero-order valence-electron chi connectivity index (χ0n) is 9.34. The van der Waals surface area contributed by atoms with Crippen molar-refractivity contribution in [3.05, 3.63) is 30.3 Å². The minimum absolute atomic E-state index is 0.220. The van der Waals surface area contributed by atoms with Crippen LogP contribution in [0.2, 0.25) is 0 Å². The molecule has 3 nitrogen and oxygen atoms in total. The quantitative estimate of drug-likeness (QED) is 0.845. The van der Waals surface area contributed by atoms with Gasteiger partial charge in [-0.2, -0.15) is 0 Å². The summed E-state index contributed by atoms with van der Waals surface area (Å²) in [6.45, 7) is 1.96. The third kappa shape index (κ3) is 3.22. The van der Waals surface area contributed by atoms with Gasteiger partial charge in [0.1, 0.15) is 5.75 Å². The molecule has 16 heavy (non-hydrogen) atoms. The second kappa shape index (κ2) is 5.87. The van der Waals surface area contributed by atoms with Crippen molar-refractivity contribution in [1.29, 1.82) is 0 Å². The Kier molecular flexibility index (Phi) is 4.19. The molecule has 2 unspecified atom stereocenters. The molecule has 0 saturated carbocycles. The normalized spacial score (nSPS) is 25.3. The highest BCUT2D eigenvalue weighted by Crippen LogP contribution is 2.18. The van der Waals surface area contributed by atoms with E-state index in [-0.39, 0.29) is 12.0 Å². The lowest BCUT2D eigenvalue weighted by Gasteiger charge is -2.27. The maximum absolute atomic E-state index is 9.73. The van der Waals surface area contributed by atoms with Gasteiger partial charge in [0, 0.05) is 12.5 Å². The fourth-order valence-electron chi connectivity index (χ4n) is 1.91. The van der Waals surface area contributed by atoms with Crippen molar-refractivity contribution in [3.8, 4) is 5.75 Å². The summed E-state index contributed by atoms with van der Waals surface area (Å²) in [5.74, 6) is 1.10. The molecular formula is C13H18O3. The van der Waals surface area contributed by atoms with E-state index in [1.165, 1.54) is 0 Å². The summed E-state index contributed by atoms with van der Waals surface area (Å²) in [5.41, 5.74) is 0. The molecule has 0 amide bonds. The Balaban J connectivity index is 1.71.